The Hall–Kier alpha value is -1.80. The number of carbonyl (C=O) groups is 1. The number of hydrogen-bond acceptors (Lipinski definition) is 4. The molecule has 1 atom stereocenters. The highest BCUT2D eigenvalue weighted by Gasteiger charge is 2.33. The summed E-state index contributed by atoms with van der Waals surface area (Å²) in [4.78, 5) is 12.7. The van der Waals surface area contributed by atoms with E-state index in [1.165, 1.54) is 16.4 Å². The molecule has 6 nitrogen and oxygen atoms in total. The van der Waals surface area contributed by atoms with Crippen LogP contribution in [0.2, 0.25) is 10.0 Å². The second kappa shape index (κ2) is 9.56. The average Bonchev–Trinajstić information content (AvgIpc) is 2.75. The van der Waals surface area contributed by atoms with E-state index in [4.69, 9.17) is 27.9 Å². The van der Waals surface area contributed by atoms with Crippen molar-refractivity contribution in [2.45, 2.75) is 30.7 Å². The number of piperidine rings is 1. The number of nitrogens with zero attached hydrogens (tertiary/aromatic N) is 1. The molecule has 1 heterocycles. The van der Waals surface area contributed by atoms with Crippen LogP contribution in [0.15, 0.2) is 47.4 Å². The molecule has 1 N–H and O–H groups in total. The zero-order chi connectivity index (χ0) is 21.9. The highest BCUT2D eigenvalue weighted by molar-refractivity contribution is 7.89. The first-order valence-electron chi connectivity index (χ1n) is 9.62. The molecule has 0 saturated carbocycles. The van der Waals surface area contributed by atoms with Gasteiger partial charge in [-0.25, -0.2) is 8.42 Å². The van der Waals surface area contributed by atoms with Crippen LogP contribution in [0.4, 0.5) is 0 Å². The fourth-order valence-corrected chi connectivity index (χ4v) is 5.81. The van der Waals surface area contributed by atoms with E-state index in [9.17, 15) is 13.2 Å². The van der Waals surface area contributed by atoms with Gasteiger partial charge >= 0.3 is 0 Å². The van der Waals surface area contributed by atoms with Gasteiger partial charge in [0.25, 0.3) is 0 Å². The molecule has 2 aromatic carbocycles. The number of carbonyl (C=O) groups excluding carboxylic acids is 1. The third-order valence-corrected chi connectivity index (χ3v) is 7.92. The van der Waals surface area contributed by atoms with Gasteiger partial charge in [0.1, 0.15) is 10.6 Å². The lowest BCUT2D eigenvalue weighted by Crippen LogP contribution is -2.43. The summed E-state index contributed by atoms with van der Waals surface area (Å²) in [6, 6.07) is 11.7. The Bertz CT molecular complexity index is 1020. The normalized spacial score (nSPS) is 16.8. The molecule has 0 aromatic heterocycles. The second-order valence-corrected chi connectivity index (χ2v) is 9.98. The largest absolute Gasteiger partial charge is 0.496 e. The Labute approximate surface area is 187 Å². The summed E-state index contributed by atoms with van der Waals surface area (Å²) in [6.45, 7) is 2.38. The SMILES string of the molecule is COc1ccccc1[C@H](C)NC(=O)C1CCN(S(=O)(=O)c2cc(Cl)ccc2Cl)CC1. The summed E-state index contributed by atoms with van der Waals surface area (Å²) in [5, 5.41) is 3.45. The number of benzene rings is 2. The first-order chi connectivity index (χ1) is 14.2. The van der Waals surface area contributed by atoms with Crippen LogP contribution in [0.25, 0.3) is 0 Å². The van der Waals surface area contributed by atoms with Crippen molar-refractivity contribution >= 4 is 39.1 Å². The van der Waals surface area contributed by atoms with Gasteiger partial charge in [0.05, 0.1) is 18.2 Å². The number of para-hydroxylation sites is 1. The second-order valence-electron chi connectivity index (χ2n) is 7.23. The molecule has 0 bridgehead atoms. The molecule has 9 heteroatoms. The molecular formula is C21H24Cl2N2O4S. The van der Waals surface area contributed by atoms with Gasteiger partial charge in [0, 0.05) is 29.6 Å². The van der Waals surface area contributed by atoms with Crippen LogP contribution in [0.1, 0.15) is 31.4 Å². The number of ether oxygens (including phenoxy) is 1. The number of amides is 1. The number of halogens is 2. The lowest BCUT2D eigenvalue weighted by Gasteiger charge is -2.31. The van der Waals surface area contributed by atoms with Crippen molar-refractivity contribution in [2.24, 2.45) is 5.92 Å². The van der Waals surface area contributed by atoms with E-state index in [1.54, 1.807) is 13.2 Å². The van der Waals surface area contributed by atoms with Crippen molar-refractivity contribution in [1.29, 1.82) is 0 Å². The highest BCUT2D eigenvalue weighted by atomic mass is 35.5. The molecular weight excluding hydrogens is 447 g/mol. The van der Waals surface area contributed by atoms with Gasteiger partial charge in [0.2, 0.25) is 15.9 Å². The van der Waals surface area contributed by atoms with E-state index in [0.717, 1.165) is 5.56 Å². The minimum atomic E-state index is -3.77. The van der Waals surface area contributed by atoms with Crippen molar-refractivity contribution in [3.63, 3.8) is 0 Å². The smallest absolute Gasteiger partial charge is 0.244 e. The first-order valence-corrected chi connectivity index (χ1v) is 11.8. The van der Waals surface area contributed by atoms with Crippen molar-refractivity contribution in [3.05, 3.63) is 58.1 Å². The van der Waals surface area contributed by atoms with E-state index in [1.807, 2.05) is 31.2 Å². The molecule has 1 aliphatic rings. The Morgan fingerprint density at radius 1 is 1.17 bits per heavy atom. The van der Waals surface area contributed by atoms with Gasteiger partial charge in [0.15, 0.2) is 0 Å². The molecule has 2 aromatic rings. The molecule has 1 aliphatic heterocycles. The zero-order valence-corrected chi connectivity index (χ0v) is 19.1. The summed E-state index contributed by atoms with van der Waals surface area (Å²) in [7, 11) is -2.18. The molecule has 1 fully saturated rings. The predicted octanol–water partition coefficient (Wildman–Crippen LogP) is 4.28. The predicted molar refractivity (Wildman–Crippen MR) is 117 cm³/mol. The van der Waals surface area contributed by atoms with Crippen LogP contribution in [0.5, 0.6) is 5.75 Å². The molecule has 0 spiro atoms. The molecule has 0 unspecified atom stereocenters. The molecule has 0 radical (unpaired) electrons. The summed E-state index contributed by atoms with van der Waals surface area (Å²) < 4.78 is 32.6. The van der Waals surface area contributed by atoms with Crippen LogP contribution in [0.3, 0.4) is 0 Å². The minimum absolute atomic E-state index is 0.00985. The molecule has 30 heavy (non-hydrogen) atoms. The van der Waals surface area contributed by atoms with Crippen LogP contribution in [0, 0.1) is 5.92 Å². The van der Waals surface area contributed by atoms with Crippen LogP contribution in [-0.4, -0.2) is 38.8 Å². The van der Waals surface area contributed by atoms with Gasteiger partial charge in [-0.3, -0.25) is 4.79 Å². The Balaban J connectivity index is 1.63. The van der Waals surface area contributed by atoms with E-state index >= 15 is 0 Å². The van der Waals surface area contributed by atoms with Crippen molar-refractivity contribution in [3.8, 4) is 5.75 Å². The molecule has 162 valence electrons. The van der Waals surface area contributed by atoms with Crippen molar-refractivity contribution < 1.29 is 17.9 Å². The molecule has 0 aliphatic carbocycles. The number of nitrogens with one attached hydrogen (secondary N) is 1. The third-order valence-electron chi connectivity index (χ3n) is 5.30. The van der Waals surface area contributed by atoms with Gasteiger partial charge in [-0.05, 0) is 44.0 Å². The number of hydrogen-bond donors (Lipinski definition) is 1. The Morgan fingerprint density at radius 2 is 1.83 bits per heavy atom. The molecule has 1 saturated heterocycles. The number of rotatable bonds is 6. The average molecular weight is 471 g/mol. The van der Waals surface area contributed by atoms with Crippen molar-refractivity contribution in [1.82, 2.24) is 9.62 Å². The number of sulfonamides is 1. The lowest BCUT2D eigenvalue weighted by atomic mass is 9.96. The third kappa shape index (κ3) is 4.91. The quantitative estimate of drug-likeness (QED) is 0.683. The summed E-state index contributed by atoms with van der Waals surface area (Å²) in [6.07, 6.45) is 0.865. The monoisotopic (exact) mass is 470 g/mol. The summed E-state index contributed by atoms with van der Waals surface area (Å²) in [5.74, 6) is 0.360. The maximum Gasteiger partial charge on any atom is 0.244 e. The van der Waals surface area contributed by atoms with E-state index in [2.05, 4.69) is 5.32 Å². The van der Waals surface area contributed by atoms with Crippen LogP contribution in [-0.2, 0) is 14.8 Å². The van der Waals surface area contributed by atoms with E-state index < -0.39 is 10.0 Å². The van der Waals surface area contributed by atoms with Gasteiger partial charge in [-0.15, -0.1) is 0 Å². The highest BCUT2D eigenvalue weighted by Crippen LogP contribution is 2.31. The Morgan fingerprint density at radius 3 is 2.50 bits per heavy atom. The maximum absolute atomic E-state index is 12.9. The van der Waals surface area contributed by atoms with E-state index in [0.29, 0.717) is 23.6 Å². The lowest BCUT2D eigenvalue weighted by molar-refractivity contribution is -0.126. The minimum Gasteiger partial charge on any atom is -0.496 e. The first kappa shape index (κ1) is 22.9. The summed E-state index contributed by atoms with van der Waals surface area (Å²) in [5.41, 5.74) is 0.893. The summed E-state index contributed by atoms with van der Waals surface area (Å²) >= 11 is 12.0. The van der Waals surface area contributed by atoms with Crippen LogP contribution < -0.4 is 10.1 Å². The fraction of sp³-hybridized carbons (Fsp3) is 0.381. The maximum atomic E-state index is 12.9. The standard InChI is InChI=1S/C21H24Cl2N2O4S/c1-14(17-5-3-4-6-19(17)29-2)24-21(26)15-9-11-25(12-10-15)30(27,28)20-13-16(22)7-8-18(20)23/h3-8,13-15H,9-12H2,1-2H3,(H,24,26)/t14-/m0/s1. The van der Waals surface area contributed by atoms with Gasteiger partial charge < -0.3 is 10.1 Å². The van der Waals surface area contributed by atoms with E-state index in [-0.39, 0.29) is 40.9 Å². The number of methoxy groups -OCH3 is 1. The molecule has 3 rings (SSSR count). The fourth-order valence-electron chi connectivity index (χ4n) is 3.61. The van der Waals surface area contributed by atoms with Crippen molar-refractivity contribution in [2.75, 3.05) is 20.2 Å². The van der Waals surface area contributed by atoms with Gasteiger partial charge in [-0.1, -0.05) is 41.4 Å². The van der Waals surface area contributed by atoms with Gasteiger partial charge in [-0.2, -0.15) is 4.31 Å². The molecule has 1 amide bonds. The topological polar surface area (TPSA) is 75.7 Å². The zero-order valence-electron chi connectivity index (χ0n) is 16.8. The van der Waals surface area contributed by atoms with Crippen LogP contribution >= 0.6 is 23.2 Å². The Kier molecular flexibility index (Phi) is 7.29.